The van der Waals surface area contributed by atoms with Crippen LogP contribution in [0.3, 0.4) is 0 Å². The first-order valence-corrected chi connectivity index (χ1v) is 6.38. The van der Waals surface area contributed by atoms with Gasteiger partial charge in [-0.15, -0.1) is 0 Å². The Morgan fingerprint density at radius 2 is 2.38 bits per heavy atom. The largest absolute Gasteiger partial charge is 0.387 e. The van der Waals surface area contributed by atoms with Crippen molar-refractivity contribution >= 4 is 38.6 Å². The van der Waals surface area contributed by atoms with E-state index in [1.807, 2.05) is 6.07 Å². The maximum Gasteiger partial charge on any atom is 0.144 e. The Kier molecular flexibility index (Phi) is 2.46. The van der Waals surface area contributed by atoms with Crippen molar-refractivity contribution in [3.8, 4) is 0 Å². The van der Waals surface area contributed by atoms with Crippen LogP contribution in [-0.4, -0.2) is 15.1 Å². The second-order valence-corrected chi connectivity index (χ2v) is 5.29. The van der Waals surface area contributed by atoms with Crippen LogP contribution in [0.5, 0.6) is 0 Å². The van der Waals surface area contributed by atoms with Gasteiger partial charge in [0, 0.05) is 11.3 Å². The molecule has 1 unspecified atom stereocenters. The van der Waals surface area contributed by atoms with Gasteiger partial charge in [0.05, 0.1) is 21.6 Å². The average molecular weight is 302 g/mol. The number of fused-ring (bicyclic) bond motifs is 3. The quantitative estimate of drug-likeness (QED) is 0.733. The van der Waals surface area contributed by atoms with Crippen LogP contribution < -0.4 is 0 Å². The summed E-state index contributed by atoms with van der Waals surface area (Å²) in [5.41, 5.74) is 3.84. The predicted octanol–water partition coefficient (Wildman–Crippen LogP) is 3.35. The van der Waals surface area contributed by atoms with E-state index in [2.05, 4.69) is 25.9 Å². The van der Waals surface area contributed by atoms with Crippen LogP contribution in [0.15, 0.2) is 10.5 Å². The Morgan fingerprint density at radius 1 is 1.56 bits per heavy atom. The molecule has 0 aromatic carbocycles. The zero-order chi connectivity index (χ0) is 11.3. The maximum atomic E-state index is 9.90. The molecule has 0 aliphatic heterocycles. The molecule has 2 aromatic heterocycles. The van der Waals surface area contributed by atoms with Gasteiger partial charge in [-0.2, -0.15) is 0 Å². The fourth-order valence-electron chi connectivity index (χ4n) is 2.29. The predicted molar refractivity (Wildman–Crippen MR) is 66.7 cm³/mol. The lowest BCUT2D eigenvalue weighted by Gasteiger charge is -2.16. The van der Waals surface area contributed by atoms with Crippen LogP contribution in [0.1, 0.15) is 30.2 Å². The number of halogens is 2. The highest BCUT2D eigenvalue weighted by Gasteiger charge is 2.23. The monoisotopic (exact) mass is 300 g/mol. The van der Waals surface area contributed by atoms with E-state index in [1.54, 1.807) is 0 Å². The molecule has 0 amide bonds. The van der Waals surface area contributed by atoms with E-state index in [0.717, 1.165) is 46.0 Å². The van der Waals surface area contributed by atoms with Crippen molar-refractivity contribution in [2.45, 2.75) is 25.4 Å². The van der Waals surface area contributed by atoms with Gasteiger partial charge in [0.15, 0.2) is 0 Å². The average Bonchev–Trinajstić information content (AvgIpc) is 2.59. The van der Waals surface area contributed by atoms with Gasteiger partial charge in [-0.3, -0.25) is 0 Å². The first-order valence-electron chi connectivity index (χ1n) is 5.21. The molecular formula is C11H10BrClN2O. The van der Waals surface area contributed by atoms with Crippen LogP contribution >= 0.6 is 27.5 Å². The number of aromatic nitrogens is 2. The molecule has 0 saturated heterocycles. The summed E-state index contributed by atoms with van der Waals surface area (Å²) in [5, 5.41) is 10.4. The zero-order valence-corrected chi connectivity index (χ0v) is 10.8. The highest BCUT2D eigenvalue weighted by molar-refractivity contribution is 9.10. The summed E-state index contributed by atoms with van der Waals surface area (Å²) in [7, 11) is 0. The third-order valence-electron chi connectivity index (χ3n) is 3.05. The summed E-state index contributed by atoms with van der Waals surface area (Å²) in [6, 6.07) is 1.91. The molecule has 1 aliphatic carbocycles. The second kappa shape index (κ2) is 3.72. The molecule has 0 spiro atoms. The van der Waals surface area contributed by atoms with Crippen molar-refractivity contribution in [2.24, 2.45) is 0 Å². The van der Waals surface area contributed by atoms with Gasteiger partial charge in [-0.25, -0.2) is 4.98 Å². The second-order valence-electron chi connectivity index (χ2n) is 4.08. The topological polar surface area (TPSA) is 48.9 Å². The summed E-state index contributed by atoms with van der Waals surface area (Å²) in [4.78, 5) is 7.59. The molecule has 84 valence electrons. The summed E-state index contributed by atoms with van der Waals surface area (Å²) in [6.07, 6.45) is 2.37. The van der Waals surface area contributed by atoms with Crippen molar-refractivity contribution in [2.75, 3.05) is 0 Å². The molecule has 0 bridgehead atoms. The van der Waals surface area contributed by atoms with Crippen LogP contribution in [0.2, 0.25) is 5.15 Å². The Bertz CT molecular complexity index is 567. The molecule has 1 aliphatic rings. The molecule has 2 aromatic rings. The van der Waals surface area contributed by atoms with Crippen molar-refractivity contribution in [1.82, 2.24) is 9.97 Å². The zero-order valence-electron chi connectivity index (χ0n) is 8.43. The molecule has 0 radical (unpaired) electrons. The van der Waals surface area contributed by atoms with Gasteiger partial charge < -0.3 is 10.1 Å². The minimum Gasteiger partial charge on any atom is -0.387 e. The first-order chi connectivity index (χ1) is 7.66. The minimum atomic E-state index is -0.393. The molecular weight excluding hydrogens is 291 g/mol. The molecule has 1 atom stereocenters. The summed E-state index contributed by atoms with van der Waals surface area (Å²) in [5.74, 6) is 0. The van der Waals surface area contributed by atoms with Crippen LogP contribution in [0.25, 0.3) is 11.0 Å². The number of nitrogens with one attached hydrogen (secondary N) is 1. The lowest BCUT2D eigenvalue weighted by molar-refractivity contribution is 0.153. The normalized spacial score (nSPS) is 20.1. The number of hydrogen-bond donors (Lipinski definition) is 2. The Morgan fingerprint density at radius 3 is 3.19 bits per heavy atom. The fourth-order valence-corrected chi connectivity index (χ4v) is 2.75. The number of hydrogen-bond acceptors (Lipinski definition) is 2. The third-order valence-corrected chi connectivity index (χ3v) is 4.17. The minimum absolute atomic E-state index is 0.393. The molecule has 2 N–H and O–H groups in total. The summed E-state index contributed by atoms with van der Waals surface area (Å²) in [6.45, 7) is 0. The lowest BCUT2D eigenvalue weighted by Crippen LogP contribution is -2.07. The van der Waals surface area contributed by atoms with Gasteiger partial charge in [-0.1, -0.05) is 11.6 Å². The van der Waals surface area contributed by atoms with E-state index < -0.39 is 6.10 Å². The van der Waals surface area contributed by atoms with Gasteiger partial charge >= 0.3 is 0 Å². The van der Waals surface area contributed by atoms with Crippen LogP contribution in [0, 0.1) is 0 Å². The number of rotatable bonds is 0. The first kappa shape index (κ1) is 10.6. The van der Waals surface area contributed by atoms with Gasteiger partial charge in [0.2, 0.25) is 0 Å². The van der Waals surface area contributed by atoms with Crippen LogP contribution in [0.4, 0.5) is 0 Å². The van der Waals surface area contributed by atoms with E-state index in [9.17, 15) is 5.11 Å². The Labute approximate surface area is 106 Å². The van der Waals surface area contributed by atoms with Crippen molar-refractivity contribution in [3.63, 3.8) is 0 Å². The number of nitrogens with zero attached hydrogens (tertiary/aromatic N) is 1. The Balaban J connectivity index is 2.32. The highest BCUT2D eigenvalue weighted by Crippen LogP contribution is 2.35. The van der Waals surface area contributed by atoms with Crippen molar-refractivity contribution in [1.29, 1.82) is 0 Å². The number of H-pyrrole nitrogens is 1. The number of aromatic amines is 1. The standard InChI is InChI=1S/C11H10BrClN2O/c12-6-4-7-9(15-11(6)13)5-2-1-3-8(16)10(5)14-7/h4,8,14,16H,1-3H2. The molecule has 0 fully saturated rings. The molecule has 3 nitrogen and oxygen atoms in total. The number of aliphatic hydroxyl groups is 1. The molecule has 16 heavy (non-hydrogen) atoms. The Hall–Kier alpha value is -0.580. The lowest BCUT2D eigenvalue weighted by atomic mass is 9.95. The summed E-state index contributed by atoms with van der Waals surface area (Å²) >= 11 is 9.34. The number of aryl methyl sites for hydroxylation is 1. The van der Waals surface area contributed by atoms with Gasteiger partial charge in [0.25, 0.3) is 0 Å². The van der Waals surface area contributed by atoms with Gasteiger partial charge in [0.1, 0.15) is 5.15 Å². The molecule has 2 heterocycles. The van der Waals surface area contributed by atoms with E-state index in [0.29, 0.717) is 5.15 Å². The highest BCUT2D eigenvalue weighted by atomic mass is 79.9. The number of pyridine rings is 1. The van der Waals surface area contributed by atoms with E-state index in [4.69, 9.17) is 11.6 Å². The smallest absolute Gasteiger partial charge is 0.144 e. The third kappa shape index (κ3) is 1.48. The van der Waals surface area contributed by atoms with E-state index >= 15 is 0 Å². The van der Waals surface area contributed by atoms with Crippen LogP contribution in [-0.2, 0) is 6.42 Å². The maximum absolute atomic E-state index is 9.90. The SMILES string of the molecule is OC1CCCc2c1[nH]c1cc(Br)c(Cl)nc21. The fraction of sp³-hybridized carbons (Fsp3) is 0.364. The molecule has 0 saturated carbocycles. The van der Waals surface area contributed by atoms with Crippen molar-refractivity contribution in [3.05, 3.63) is 26.9 Å². The van der Waals surface area contributed by atoms with E-state index in [-0.39, 0.29) is 0 Å². The van der Waals surface area contributed by atoms with Crippen molar-refractivity contribution < 1.29 is 5.11 Å². The molecule has 5 heteroatoms. The summed E-state index contributed by atoms with van der Waals surface area (Å²) < 4.78 is 0.773. The van der Waals surface area contributed by atoms with Gasteiger partial charge in [-0.05, 0) is 41.3 Å². The van der Waals surface area contributed by atoms with E-state index in [1.165, 1.54) is 0 Å². The number of aliphatic hydroxyl groups excluding tert-OH is 1. The molecule has 3 rings (SSSR count).